The van der Waals surface area contributed by atoms with Crippen LogP contribution in [0.25, 0.3) is 0 Å². The van der Waals surface area contributed by atoms with Crippen molar-refractivity contribution in [2.75, 3.05) is 0 Å². The van der Waals surface area contributed by atoms with Crippen LogP contribution >= 0.6 is 23.5 Å². The smallest absolute Gasteiger partial charge is 0.0889 e. The number of aryl methyl sites for hydroxylation is 1. The highest BCUT2D eigenvalue weighted by Gasteiger charge is 2.21. The molecule has 1 heterocycles. The van der Waals surface area contributed by atoms with Gasteiger partial charge in [0.1, 0.15) is 0 Å². The molecular formula is C13H23NS2. The van der Waals surface area contributed by atoms with Gasteiger partial charge in [-0.1, -0.05) is 41.5 Å². The van der Waals surface area contributed by atoms with Crippen molar-refractivity contribution in [1.29, 1.82) is 0 Å². The Morgan fingerprint density at radius 3 is 1.88 bits per heavy atom. The first-order valence-electron chi connectivity index (χ1n) is 5.62. The topological polar surface area (TPSA) is 4.93 Å². The molecule has 1 nitrogen and oxygen atoms in total. The van der Waals surface area contributed by atoms with E-state index in [9.17, 15) is 0 Å². The molecule has 16 heavy (non-hydrogen) atoms. The summed E-state index contributed by atoms with van der Waals surface area (Å²) in [6, 6.07) is 2.23. The maximum absolute atomic E-state index is 2.26. The van der Waals surface area contributed by atoms with Crippen LogP contribution < -0.4 is 0 Å². The fourth-order valence-corrected chi connectivity index (χ4v) is 3.54. The van der Waals surface area contributed by atoms with Gasteiger partial charge in [-0.2, -0.15) is 0 Å². The zero-order chi connectivity index (χ0) is 12.6. The van der Waals surface area contributed by atoms with Crippen molar-refractivity contribution in [2.45, 2.75) is 61.0 Å². The molecule has 0 aliphatic heterocycles. The molecule has 0 spiro atoms. The number of aromatic nitrogens is 1. The average Bonchev–Trinajstić information content (AvgIpc) is 2.30. The molecule has 1 aromatic heterocycles. The summed E-state index contributed by atoms with van der Waals surface area (Å²) in [7, 11) is 2.13. The van der Waals surface area contributed by atoms with Gasteiger partial charge in [-0.05, 0) is 6.07 Å². The minimum absolute atomic E-state index is 0.263. The normalized spacial score (nSPS) is 13.2. The van der Waals surface area contributed by atoms with E-state index in [1.54, 1.807) is 0 Å². The molecular weight excluding hydrogens is 234 g/mol. The second-order valence-corrected chi connectivity index (χ2v) is 9.71. The van der Waals surface area contributed by atoms with Crippen molar-refractivity contribution in [3.05, 3.63) is 12.3 Å². The second kappa shape index (κ2) is 4.69. The highest BCUT2D eigenvalue weighted by molar-refractivity contribution is 8.03. The lowest BCUT2D eigenvalue weighted by atomic mass is 10.3. The predicted molar refractivity (Wildman–Crippen MR) is 76.6 cm³/mol. The van der Waals surface area contributed by atoms with E-state index in [1.165, 1.54) is 9.92 Å². The molecule has 0 atom stereocenters. The third-order valence-electron chi connectivity index (χ3n) is 1.80. The zero-order valence-corrected chi connectivity index (χ0v) is 13.1. The molecule has 0 N–H and O–H groups in total. The summed E-state index contributed by atoms with van der Waals surface area (Å²) in [5, 5.41) is 1.38. The van der Waals surface area contributed by atoms with Crippen LogP contribution in [0, 0.1) is 0 Å². The van der Waals surface area contributed by atoms with Gasteiger partial charge in [0.05, 0.1) is 5.03 Å². The van der Waals surface area contributed by atoms with E-state index >= 15 is 0 Å². The van der Waals surface area contributed by atoms with E-state index < -0.39 is 0 Å². The highest BCUT2D eigenvalue weighted by atomic mass is 32.2. The van der Waals surface area contributed by atoms with Crippen LogP contribution in [0.5, 0.6) is 0 Å². The van der Waals surface area contributed by atoms with Crippen LogP contribution in [0.3, 0.4) is 0 Å². The van der Waals surface area contributed by atoms with E-state index in [-0.39, 0.29) is 9.49 Å². The van der Waals surface area contributed by atoms with Gasteiger partial charge in [0, 0.05) is 27.6 Å². The Labute approximate surface area is 108 Å². The first-order valence-corrected chi connectivity index (χ1v) is 7.25. The standard InChI is InChI=1S/C13H23NS2/c1-12(2,3)15-10-8-9-14(7)11(10)16-13(4,5)6/h8-9H,1-7H3. The first kappa shape index (κ1) is 14.0. The predicted octanol–water partition coefficient (Wildman–Crippen LogP) is 4.81. The van der Waals surface area contributed by atoms with Crippen molar-refractivity contribution in [3.63, 3.8) is 0 Å². The Morgan fingerprint density at radius 1 is 0.938 bits per heavy atom. The number of thioether (sulfide) groups is 2. The molecule has 92 valence electrons. The van der Waals surface area contributed by atoms with Gasteiger partial charge >= 0.3 is 0 Å². The summed E-state index contributed by atoms with van der Waals surface area (Å²) in [4.78, 5) is 1.40. The summed E-state index contributed by atoms with van der Waals surface area (Å²) in [6.45, 7) is 13.6. The Hall–Kier alpha value is -0.0200. The molecule has 0 fully saturated rings. The van der Waals surface area contributed by atoms with Gasteiger partial charge in [-0.15, -0.1) is 23.5 Å². The van der Waals surface area contributed by atoms with Crippen LogP contribution in [0.1, 0.15) is 41.5 Å². The summed E-state index contributed by atoms with van der Waals surface area (Å²) in [5.41, 5.74) is 0. The van der Waals surface area contributed by atoms with Crippen molar-refractivity contribution in [3.8, 4) is 0 Å². The maximum Gasteiger partial charge on any atom is 0.0889 e. The summed E-state index contributed by atoms with van der Waals surface area (Å²) in [6.07, 6.45) is 2.15. The molecule has 0 unspecified atom stereocenters. The Kier molecular flexibility index (Phi) is 4.12. The van der Waals surface area contributed by atoms with Crippen molar-refractivity contribution < 1.29 is 0 Å². The van der Waals surface area contributed by atoms with Crippen LogP contribution in [0.15, 0.2) is 22.2 Å². The highest BCUT2D eigenvalue weighted by Crippen LogP contribution is 2.42. The second-order valence-electron chi connectivity index (χ2n) is 6.02. The first-order chi connectivity index (χ1) is 7.08. The number of hydrogen-bond acceptors (Lipinski definition) is 2. The van der Waals surface area contributed by atoms with Gasteiger partial charge < -0.3 is 4.57 Å². The molecule has 0 bridgehead atoms. The largest absolute Gasteiger partial charge is 0.345 e. The molecule has 0 aliphatic carbocycles. The molecule has 1 aromatic rings. The van der Waals surface area contributed by atoms with Gasteiger partial charge in [0.25, 0.3) is 0 Å². The number of nitrogens with zero attached hydrogens (tertiary/aromatic N) is 1. The van der Waals surface area contributed by atoms with Crippen molar-refractivity contribution >= 4 is 23.5 Å². The fourth-order valence-electron chi connectivity index (χ4n) is 1.31. The Balaban J connectivity index is 2.95. The molecule has 0 saturated carbocycles. The third-order valence-corrected chi connectivity index (χ3v) is 4.40. The fraction of sp³-hybridized carbons (Fsp3) is 0.692. The number of rotatable bonds is 2. The van der Waals surface area contributed by atoms with Crippen molar-refractivity contribution in [2.24, 2.45) is 7.05 Å². The van der Waals surface area contributed by atoms with Gasteiger partial charge in [-0.3, -0.25) is 0 Å². The van der Waals surface area contributed by atoms with E-state index in [4.69, 9.17) is 0 Å². The van der Waals surface area contributed by atoms with Gasteiger partial charge in [0.15, 0.2) is 0 Å². The quantitative estimate of drug-likeness (QED) is 0.701. The van der Waals surface area contributed by atoms with Crippen LogP contribution in [0.4, 0.5) is 0 Å². The third kappa shape index (κ3) is 4.46. The van der Waals surface area contributed by atoms with Gasteiger partial charge in [-0.25, -0.2) is 0 Å². The average molecular weight is 257 g/mol. The zero-order valence-electron chi connectivity index (χ0n) is 11.4. The molecule has 1 rings (SSSR count). The maximum atomic E-state index is 2.26. The lowest BCUT2D eigenvalue weighted by Crippen LogP contribution is -2.10. The number of hydrogen-bond donors (Lipinski definition) is 0. The van der Waals surface area contributed by atoms with E-state index in [0.29, 0.717) is 0 Å². The van der Waals surface area contributed by atoms with E-state index in [1.807, 2.05) is 23.5 Å². The Bertz CT molecular complexity index is 353. The van der Waals surface area contributed by atoms with Crippen LogP contribution in [-0.2, 0) is 7.05 Å². The summed E-state index contributed by atoms with van der Waals surface area (Å²) >= 11 is 3.89. The molecule has 0 saturated heterocycles. The van der Waals surface area contributed by atoms with Crippen molar-refractivity contribution in [1.82, 2.24) is 4.57 Å². The summed E-state index contributed by atoms with van der Waals surface area (Å²) < 4.78 is 2.76. The van der Waals surface area contributed by atoms with Crippen LogP contribution in [0.2, 0.25) is 0 Å². The van der Waals surface area contributed by atoms with E-state index in [0.717, 1.165) is 0 Å². The SMILES string of the molecule is Cn1ccc(SC(C)(C)C)c1SC(C)(C)C. The monoisotopic (exact) mass is 257 g/mol. The lowest BCUT2D eigenvalue weighted by Gasteiger charge is -2.22. The minimum Gasteiger partial charge on any atom is -0.345 e. The molecule has 0 aromatic carbocycles. The minimum atomic E-state index is 0.263. The molecule has 3 heteroatoms. The van der Waals surface area contributed by atoms with E-state index in [2.05, 4.69) is 65.4 Å². The molecule has 0 amide bonds. The lowest BCUT2D eigenvalue weighted by molar-refractivity contribution is 0.759. The molecule has 0 radical (unpaired) electrons. The van der Waals surface area contributed by atoms with Crippen LogP contribution in [-0.4, -0.2) is 14.1 Å². The molecule has 0 aliphatic rings. The Morgan fingerprint density at radius 2 is 1.44 bits per heavy atom. The summed E-state index contributed by atoms with van der Waals surface area (Å²) in [5.74, 6) is 0. The van der Waals surface area contributed by atoms with Gasteiger partial charge in [0.2, 0.25) is 0 Å².